The van der Waals surface area contributed by atoms with Crippen LogP contribution < -0.4 is 15.2 Å². The molecule has 1 aliphatic rings. The van der Waals surface area contributed by atoms with Gasteiger partial charge in [-0.05, 0) is 31.2 Å². The fourth-order valence-electron chi connectivity index (χ4n) is 2.07. The fraction of sp³-hybridized carbons (Fsp3) is 0.125. The van der Waals surface area contributed by atoms with E-state index in [0.717, 1.165) is 5.76 Å². The molecule has 0 bridgehead atoms. The number of benzene rings is 1. The summed E-state index contributed by atoms with van der Waals surface area (Å²) < 4.78 is 16.1. The molecule has 0 fully saturated rings. The Labute approximate surface area is 126 Å². The molecule has 1 aromatic carbocycles. The van der Waals surface area contributed by atoms with E-state index >= 15 is 0 Å². The molecular formula is C16H13NO5. The second-order valence-electron chi connectivity index (χ2n) is 4.80. The van der Waals surface area contributed by atoms with Crippen molar-refractivity contribution in [2.45, 2.75) is 6.92 Å². The summed E-state index contributed by atoms with van der Waals surface area (Å²) in [6.07, 6.45) is 1.54. The molecule has 0 spiro atoms. The molecule has 1 aromatic heterocycles. The van der Waals surface area contributed by atoms with Gasteiger partial charge < -0.3 is 19.6 Å². The molecule has 2 N–H and O–H groups in total. The number of carbonyl (C=O) groups is 2. The van der Waals surface area contributed by atoms with Crippen molar-refractivity contribution >= 4 is 17.8 Å². The van der Waals surface area contributed by atoms with Crippen LogP contribution in [0.3, 0.4) is 0 Å². The van der Waals surface area contributed by atoms with E-state index in [1.54, 1.807) is 36.4 Å². The first-order valence-corrected chi connectivity index (χ1v) is 6.59. The zero-order valence-electron chi connectivity index (χ0n) is 11.8. The average molecular weight is 299 g/mol. The molecule has 22 heavy (non-hydrogen) atoms. The molecule has 6 nitrogen and oxygen atoms in total. The van der Waals surface area contributed by atoms with Gasteiger partial charge in [-0.2, -0.15) is 0 Å². The van der Waals surface area contributed by atoms with Crippen LogP contribution in [0.4, 0.5) is 0 Å². The van der Waals surface area contributed by atoms with Crippen molar-refractivity contribution < 1.29 is 23.5 Å². The second kappa shape index (κ2) is 5.40. The van der Waals surface area contributed by atoms with Crippen LogP contribution in [0.15, 0.2) is 40.5 Å². The topological polar surface area (TPSA) is 91.8 Å². The number of allylic oxidation sites excluding steroid dienone is 1. The third-order valence-electron chi connectivity index (χ3n) is 3.06. The number of Topliss-reactive ketones (excluding diaryl/α,β-unsaturated/α-hetero) is 1. The third-order valence-corrected chi connectivity index (χ3v) is 3.06. The Hall–Kier alpha value is -3.02. The van der Waals surface area contributed by atoms with Gasteiger partial charge in [0.2, 0.25) is 5.78 Å². The Kier molecular flexibility index (Phi) is 3.42. The minimum atomic E-state index is -0.578. The highest BCUT2D eigenvalue weighted by Gasteiger charge is 2.28. The molecule has 112 valence electrons. The molecule has 1 amide bonds. The SMILES string of the molecule is Cc1ccc(C=C2Oc3cc(OCC(N)=O)ccc3C2=O)o1. The van der Waals surface area contributed by atoms with E-state index in [0.29, 0.717) is 22.8 Å². The Balaban J connectivity index is 1.84. The van der Waals surface area contributed by atoms with E-state index in [-0.39, 0.29) is 18.1 Å². The number of amides is 1. The monoisotopic (exact) mass is 299 g/mol. The lowest BCUT2D eigenvalue weighted by Gasteiger charge is -2.04. The van der Waals surface area contributed by atoms with Crippen molar-refractivity contribution in [3.8, 4) is 11.5 Å². The van der Waals surface area contributed by atoms with E-state index in [1.807, 2.05) is 6.92 Å². The Morgan fingerprint density at radius 3 is 2.82 bits per heavy atom. The Morgan fingerprint density at radius 1 is 1.32 bits per heavy atom. The van der Waals surface area contributed by atoms with Crippen LogP contribution >= 0.6 is 0 Å². The number of ether oxygens (including phenoxy) is 2. The van der Waals surface area contributed by atoms with E-state index in [9.17, 15) is 9.59 Å². The zero-order valence-corrected chi connectivity index (χ0v) is 11.8. The third kappa shape index (κ3) is 2.71. The summed E-state index contributed by atoms with van der Waals surface area (Å²) in [7, 11) is 0. The van der Waals surface area contributed by atoms with Crippen LogP contribution in [0.2, 0.25) is 0 Å². The van der Waals surface area contributed by atoms with Gasteiger partial charge in [-0.15, -0.1) is 0 Å². The maximum Gasteiger partial charge on any atom is 0.255 e. The number of hydrogen-bond acceptors (Lipinski definition) is 5. The first-order valence-electron chi connectivity index (χ1n) is 6.59. The highest BCUT2D eigenvalue weighted by Crippen LogP contribution is 2.34. The minimum absolute atomic E-state index is 0.177. The molecule has 0 radical (unpaired) electrons. The number of hydrogen-bond donors (Lipinski definition) is 1. The summed E-state index contributed by atoms with van der Waals surface area (Å²) in [5.74, 6) is 1.44. The van der Waals surface area contributed by atoms with E-state index in [2.05, 4.69) is 0 Å². The second-order valence-corrected chi connectivity index (χ2v) is 4.80. The quantitative estimate of drug-likeness (QED) is 0.872. The lowest BCUT2D eigenvalue weighted by Crippen LogP contribution is -2.19. The predicted molar refractivity (Wildman–Crippen MR) is 77.5 cm³/mol. The van der Waals surface area contributed by atoms with Gasteiger partial charge in [-0.3, -0.25) is 9.59 Å². The molecule has 6 heteroatoms. The number of nitrogens with two attached hydrogens (primary N) is 1. The van der Waals surface area contributed by atoms with Gasteiger partial charge >= 0.3 is 0 Å². The van der Waals surface area contributed by atoms with Crippen molar-refractivity contribution in [2.75, 3.05) is 6.61 Å². The van der Waals surface area contributed by atoms with E-state index in [4.69, 9.17) is 19.6 Å². The van der Waals surface area contributed by atoms with Gasteiger partial charge in [0.25, 0.3) is 5.91 Å². The van der Waals surface area contributed by atoms with Crippen LogP contribution in [-0.2, 0) is 4.79 Å². The number of primary amides is 1. The fourth-order valence-corrected chi connectivity index (χ4v) is 2.07. The number of aryl methyl sites for hydroxylation is 1. The summed E-state index contributed by atoms with van der Waals surface area (Å²) >= 11 is 0. The maximum atomic E-state index is 12.2. The van der Waals surface area contributed by atoms with Crippen molar-refractivity contribution in [3.05, 3.63) is 53.2 Å². The normalized spacial score (nSPS) is 14.8. The summed E-state index contributed by atoms with van der Waals surface area (Å²) in [5.41, 5.74) is 5.45. The summed E-state index contributed by atoms with van der Waals surface area (Å²) in [5, 5.41) is 0. The summed E-state index contributed by atoms with van der Waals surface area (Å²) in [6, 6.07) is 8.27. The standard InChI is InChI=1S/C16H13NO5/c1-9-2-3-11(21-9)7-14-16(19)12-5-4-10(6-13(12)22-14)20-8-15(17)18/h2-7H,8H2,1H3,(H2,17,18). The largest absolute Gasteiger partial charge is 0.484 e. The molecule has 0 saturated heterocycles. The van der Waals surface area contributed by atoms with Crippen LogP contribution in [0.5, 0.6) is 11.5 Å². The molecule has 0 atom stereocenters. The number of ketones is 1. The first-order chi connectivity index (χ1) is 10.5. The van der Waals surface area contributed by atoms with Crippen LogP contribution in [-0.4, -0.2) is 18.3 Å². The molecule has 0 saturated carbocycles. The van der Waals surface area contributed by atoms with Crippen LogP contribution in [0.25, 0.3) is 6.08 Å². The van der Waals surface area contributed by atoms with Gasteiger partial charge in [0.15, 0.2) is 12.4 Å². The minimum Gasteiger partial charge on any atom is -0.484 e. The Bertz CT molecular complexity index is 788. The Morgan fingerprint density at radius 2 is 2.14 bits per heavy atom. The zero-order chi connectivity index (χ0) is 15.7. The molecule has 1 aliphatic heterocycles. The van der Waals surface area contributed by atoms with E-state index < -0.39 is 5.91 Å². The summed E-state index contributed by atoms with van der Waals surface area (Å²) in [4.78, 5) is 22.9. The number of carbonyl (C=O) groups excluding carboxylic acids is 2. The smallest absolute Gasteiger partial charge is 0.255 e. The van der Waals surface area contributed by atoms with Gasteiger partial charge in [0.1, 0.15) is 23.0 Å². The van der Waals surface area contributed by atoms with Gasteiger partial charge in [-0.1, -0.05) is 0 Å². The molecule has 0 aliphatic carbocycles. The maximum absolute atomic E-state index is 12.2. The summed E-state index contributed by atoms with van der Waals surface area (Å²) in [6.45, 7) is 1.58. The van der Waals surface area contributed by atoms with Gasteiger partial charge in [-0.25, -0.2) is 0 Å². The van der Waals surface area contributed by atoms with Crippen LogP contribution in [0.1, 0.15) is 21.9 Å². The molecule has 2 aromatic rings. The highest BCUT2D eigenvalue weighted by molar-refractivity contribution is 6.14. The first kappa shape index (κ1) is 13.9. The number of furan rings is 1. The van der Waals surface area contributed by atoms with Crippen molar-refractivity contribution in [1.29, 1.82) is 0 Å². The van der Waals surface area contributed by atoms with Crippen molar-refractivity contribution in [1.82, 2.24) is 0 Å². The molecular weight excluding hydrogens is 286 g/mol. The van der Waals surface area contributed by atoms with Crippen molar-refractivity contribution in [3.63, 3.8) is 0 Å². The lowest BCUT2D eigenvalue weighted by atomic mass is 10.1. The molecule has 0 unspecified atom stereocenters. The number of fused-ring (bicyclic) bond motifs is 1. The van der Waals surface area contributed by atoms with Gasteiger partial charge in [0, 0.05) is 12.1 Å². The predicted octanol–water partition coefficient (Wildman–Crippen LogP) is 2.07. The molecule has 2 heterocycles. The average Bonchev–Trinajstić information content (AvgIpc) is 3.01. The van der Waals surface area contributed by atoms with Crippen LogP contribution in [0, 0.1) is 6.92 Å². The van der Waals surface area contributed by atoms with Crippen molar-refractivity contribution in [2.24, 2.45) is 5.73 Å². The lowest BCUT2D eigenvalue weighted by molar-refractivity contribution is -0.119. The number of rotatable bonds is 4. The van der Waals surface area contributed by atoms with Gasteiger partial charge in [0.05, 0.1) is 5.56 Å². The van der Waals surface area contributed by atoms with E-state index in [1.165, 1.54) is 0 Å². The molecule has 3 rings (SSSR count). The highest BCUT2D eigenvalue weighted by atomic mass is 16.5.